The summed E-state index contributed by atoms with van der Waals surface area (Å²) in [6, 6.07) is 1.86. The molecule has 5 heteroatoms. The van der Waals surface area contributed by atoms with Gasteiger partial charge in [-0.15, -0.1) is 0 Å². The van der Waals surface area contributed by atoms with Gasteiger partial charge in [0.05, 0.1) is 0 Å². The van der Waals surface area contributed by atoms with Crippen LogP contribution in [0.25, 0.3) is 0 Å². The highest BCUT2D eigenvalue weighted by molar-refractivity contribution is 6.76. The fourth-order valence-electron chi connectivity index (χ4n) is 4.02. The maximum absolute atomic E-state index is 12.5. The van der Waals surface area contributed by atoms with Crippen molar-refractivity contribution >= 4 is 20.3 Å². The summed E-state index contributed by atoms with van der Waals surface area (Å²) in [6.45, 7) is 17.7. The van der Waals surface area contributed by atoms with Gasteiger partial charge >= 0.3 is 11.9 Å². The number of carbonyl (C=O) groups excluding carboxylic acids is 1. The number of hydrogen-bond acceptors (Lipinski definition) is 3. The third kappa shape index (κ3) is 9.55. The molecule has 0 saturated carbocycles. The minimum absolute atomic E-state index is 0.386. The largest absolute Gasteiger partial charge is 0.516 e. The first-order valence-electron chi connectivity index (χ1n) is 10.0. The standard InChI is InChI=1S/C21H40O4Si/c1-15(2)9-10-19(18(7)8)26(13-16(3)4,14-17(5)6)25-21(24)12-11-20(22)23/h11-12,15-19H,9-10,13-14H2,1-8H3,(H,22,23)/b12-11-. The molecule has 0 aromatic heterocycles. The summed E-state index contributed by atoms with van der Waals surface area (Å²) in [7, 11) is -2.41. The van der Waals surface area contributed by atoms with E-state index < -0.39 is 20.3 Å². The molecular weight excluding hydrogens is 344 g/mol. The van der Waals surface area contributed by atoms with Crippen LogP contribution in [-0.2, 0) is 14.0 Å². The van der Waals surface area contributed by atoms with Crippen molar-refractivity contribution in [1.82, 2.24) is 0 Å². The van der Waals surface area contributed by atoms with E-state index in [1.165, 1.54) is 0 Å². The molecule has 1 atom stereocenters. The number of hydrogen-bond donors (Lipinski definition) is 1. The van der Waals surface area contributed by atoms with E-state index in [4.69, 9.17) is 9.53 Å². The van der Waals surface area contributed by atoms with Gasteiger partial charge in [-0.05, 0) is 47.7 Å². The maximum atomic E-state index is 12.5. The molecular formula is C21H40O4Si. The van der Waals surface area contributed by atoms with Crippen molar-refractivity contribution in [2.45, 2.75) is 85.9 Å². The van der Waals surface area contributed by atoms with E-state index in [0.717, 1.165) is 37.1 Å². The Morgan fingerprint density at radius 2 is 1.35 bits per heavy atom. The first-order chi connectivity index (χ1) is 11.9. The first kappa shape index (κ1) is 24.9. The predicted molar refractivity (Wildman–Crippen MR) is 111 cm³/mol. The van der Waals surface area contributed by atoms with Crippen LogP contribution in [0.15, 0.2) is 12.2 Å². The SMILES string of the molecule is CC(C)CCC(C(C)C)[Si](CC(C)C)(CC(C)C)OC(=O)/C=C\C(=O)O. The monoisotopic (exact) mass is 384 g/mol. The molecule has 0 heterocycles. The molecule has 0 aromatic rings. The van der Waals surface area contributed by atoms with Crippen LogP contribution < -0.4 is 0 Å². The minimum atomic E-state index is -2.41. The molecule has 0 aromatic carbocycles. The van der Waals surface area contributed by atoms with Gasteiger partial charge in [-0.25, -0.2) is 9.59 Å². The molecule has 1 N–H and O–H groups in total. The highest BCUT2D eigenvalue weighted by Gasteiger charge is 2.47. The van der Waals surface area contributed by atoms with E-state index in [0.29, 0.717) is 29.2 Å². The van der Waals surface area contributed by atoms with Gasteiger partial charge in [0.1, 0.15) is 0 Å². The second-order valence-corrected chi connectivity index (χ2v) is 13.1. The zero-order chi connectivity index (χ0) is 20.5. The lowest BCUT2D eigenvalue weighted by Crippen LogP contribution is -2.49. The lowest BCUT2D eigenvalue weighted by atomic mass is 10.0. The molecule has 152 valence electrons. The molecule has 4 nitrogen and oxygen atoms in total. The van der Waals surface area contributed by atoms with Crippen LogP contribution in [-0.4, -0.2) is 25.4 Å². The number of carboxylic acid groups (broad SMARTS) is 1. The van der Waals surface area contributed by atoms with Gasteiger partial charge in [0, 0.05) is 12.2 Å². The van der Waals surface area contributed by atoms with Gasteiger partial charge < -0.3 is 9.53 Å². The normalized spacial score (nSPS) is 14.0. The molecule has 0 bridgehead atoms. The van der Waals surface area contributed by atoms with Gasteiger partial charge in [0.15, 0.2) is 0 Å². The molecule has 0 radical (unpaired) electrons. The Kier molecular flexibility index (Phi) is 11.1. The fourth-order valence-corrected chi connectivity index (χ4v) is 10.2. The summed E-state index contributed by atoms with van der Waals surface area (Å²) in [5.41, 5.74) is 0.386. The average molecular weight is 385 g/mol. The molecule has 0 aliphatic carbocycles. The third-order valence-electron chi connectivity index (χ3n) is 4.71. The van der Waals surface area contributed by atoms with Gasteiger partial charge in [-0.1, -0.05) is 61.8 Å². The Morgan fingerprint density at radius 1 is 0.846 bits per heavy atom. The summed E-state index contributed by atoms with van der Waals surface area (Å²) in [4.78, 5) is 23.2. The summed E-state index contributed by atoms with van der Waals surface area (Å²) >= 11 is 0. The van der Waals surface area contributed by atoms with Crippen molar-refractivity contribution < 1.29 is 19.1 Å². The lowest BCUT2D eigenvalue weighted by molar-refractivity contribution is -0.133. The number of carboxylic acids is 1. The van der Waals surface area contributed by atoms with Gasteiger partial charge in [0.2, 0.25) is 0 Å². The van der Waals surface area contributed by atoms with Gasteiger partial charge in [0.25, 0.3) is 8.32 Å². The van der Waals surface area contributed by atoms with Gasteiger partial charge in [-0.3, -0.25) is 0 Å². The van der Waals surface area contributed by atoms with Crippen LogP contribution in [0.1, 0.15) is 68.2 Å². The second-order valence-electron chi connectivity index (χ2n) is 9.18. The molecule has 0 fully saturated rings. The summed E-state index contributed by atoms with van der Waals surface area (Å²) in [5.74, 6) is 0.324. The van der Waals surface area contributed by atoms with Crippen molar-refractivity contribution in [3.63, 3.8) is 0 Å². The number of rotatable bonds is 12. The smallest absolute Gasteiger partial charge is 0.328 e. The first-order valence-corrected chi connectivity index (χ1v) is 12.4. The zero-order valence-electron chi connectivity index (χ0n) is 18.0. The van der Waals surface area contributed by atoms with E-state index in [9.17, 15) is 9.59 Å². The molecule has 0 rings (SSSR count). The average Bonchev–Trinajstić information content (AvgIpc) is 2.42. The van der Waals surface area contributed by atoms with E-state index in [1.54, 1.807) is 0 Å². The molecule has 1 unspecified atom stereocenters. The second kappa shape index (κ2) is 11.6. The highest BCUT2D eigenvalue weighted by atomic mass is 28.4. The third-order valence-corrected chi connectivity index (χ3v) is 10.6. The molecule has 0 amide bonds. The Morgan fingerprint density at radius 3 is 1.69 bits per heavy atom. The Bertz CT molecular complexity index is 457. The van der Waals surface area contributed by atoms with Crippen LogP contribution in [0, 0.1) is 23.7 Å². The van der Waals surface area contributed by atoms with Crippen molar-refractivity contribution in [3.8, 4) is 0 Å². The molecule has 0 aliphatic rings. The molecule has 26 heavy (non-hydrogen) atoms. The summed E-state index contributed by atoms with van der Waals surface area (Å²) < 4.78 is 6.22. The van der Waals surface area contributed by atoms with E-state index in [1.807, 2.05) is 0 Å². The van der Waals surface area contributed by atoms with Crippen LogP contribution >= 0.6 is 0 Å². The van der Waals surface area contributed by atoms with E-state index >= 15 is 0 Å². The van der Waals surface area contributed by atoms with Crippen LogP contribution in [0.3, 0.4) is 0 Å². The van der Waals surface area contributed by atoms with E-state index in [-0.39, 0.29) is 0 Å². The highest BCUT2D eigenvalue weighted by Crippen LogP contribution is 2.44. The Hall–Kier alpha value is -1.10. The topological polar surface area (TPSA) is 63.6 Å². The molecule has 0 spiro atoms. The Balaban J connectivity index is 5.88. The maximum Gasteiger partial charge on any atom is 0.328 e. The van der Waals surface area contributed by atoms with Crippen molar-refractivity contribution in [2.75, 3.05) is 0 Å². The van der Waals surface area contributed by atoms with Crippen molar-refractivity contribution in [1.29, 1.82) is 0 Å². The predicted octanol–water partition coefficient (Wildman–Crippen LogP) is 5.89. The summed E-state index contributed by atoms with van der Waals surface area (Å²) in [5, 5.41) is 8.81. The number of aliphatic carboxylic acids is 1. The van der Waals surface area contributed by atoms with Crippen LogP contribution in [0.5, 0.6) is 0 Å². The minimum Gasteiger partial charge on any atom is -0.516 e. The van der Waals surface area contributed by atoms with Crippen LogP contribution in [0.2, 0.25) is 17.6 Å². The van der Waals surface area contributed by atoms with Gasteiger partial charge in [-0.2, -0.15) is 0 Å². The fraction of sp³-hybridized carbons (Fsp3) is 0.810. The van der Waals surface area contributed by atoms with Crippen molar-refractivity contribution in [3.05, 3.63) is 12.2 Å². The van der Waals surface area contributed by atoms with Crippen LogP contribution in [0.4, 0.5) is 0 Å². The van der Waals surface area contributed by atoms with Crippen molar-refractivity contribution in [2.24, 2.45) is 23.7 Å². The molecule has 0 aliphatic heterocycles. The lowest BCUT2D eigenvalue weighted by Gasteiger charge is -2.42. The van der Waals surface area contributed by atoms with E-state index in [2.05, 4.69) is 55.4 Å². The molecule has 0 saturated heterocycles. The Labute approximate surface area is 161 Å². The zero-order valence-corrected chi connectivity index (χ0v) is 19.0. The quantitative estimate of drug-likeness (QED) is 0.336. The number of carbonyl (C=O) groups is 2. The summed E-state index contributed by atoms with van der Waals surface area (Å²) in [6.07, 6.45) is 4.14.